The van der Waals surface area contributed by atoms with Gasteiger partial charge in [0.25, 0.3) is 0 Å². The number of aryl methyl sites for hydroxylation is 2. The van der Waals surface area contributed by atoms with Gasteiger partial charge in [-0.1, -0.05) is 0 Å². The molecule has 0 bridgehead atoms. The van der Waals surface area contributed by atoms with Crippen LogP contribution in [0.3, 0.4) is 0 Å². The van der Waals surface area contributed by atoms with Gasteiger partial charge in [0, 0.05) is 35.8 Å². The molecule has 0 atom stereocenters. The molecule has 0 N–H and O–H groups in total. The predicted octanol–water partition coefficient (Wildman–Crippen LogP) is 4.19. The van der Waals surface area contributed by atoms with Gasteiger partial charge < -0.3 is 0 Å². The number of rotatable bonds is 3. The predicted molar refractivity (Wildman–Crippen MR) is 88.9 cm³/mol. The minimum absolute atomic E-state index is 0.203. The first-order valence-electron chi connectivity index (χ1n) is 7.01. The number of nitrogens with zero attached hydrogens (tertiary/aromatic N) is 4. The lowest BCUT2D eigenvalue weighted by Crippen LogP contribution is -1.87. The van der Waals surface area contributed by atoms with E-state index < -0.39 is 11.6 Å². The quantitative estimate of drug-likeness (QED) is 0.671. The summed E-state index contributed by atoms with van der Waals surface area (Å²) in [7, 11) is 1.80. The van der Waals surface area contributed by atoms with Crippen LogP contribution in [0, 0.1) is 29.9 Å². The minimum atomic E-state index is -0.683. The van der Waals surface area contributed by atoms with Crippen molar-refractivity contribution in [3.8, 4) is 17.3 Å². The summed E-state index contributed by atoms with van der Waals surface area (Å²) >= 11 is 1.23. The molecule has 2 heterocycles. The van der Waals surface area contributed by atoms with Gasteiger partial charge in [0.05, 0.1) is 17.0 Å². The van der Waals surface area contributed by atoms with Gasteiger partial charge in [-0.15, -0.1) is 11.3 Å². The molecule has 3 rings (SSSR count). The van der Waals surface area contributed by atoms with Crippen LogP contribution < -0.4 is 0 Å². The van der Waals surface area contributed by atoms with Gasteiger partial charge in [-0.05, 0) is 25.1 Å². The van der Waals surface area contributed by atoms with Crippen molar-refractivity contribution in [3.05, 3.63) is 57.7 Å². The maximum atomic E-state index is 13.9. The molecule has 2 aromatic heterocycles. The second-order valence-corrected chi connectivity index (χ2v) is 6.03. The van der Waals surface area contributed by atoms with Crippen LogP contribution in [-0.4, -0.2) is 14.8 Å². The molecule has 0 fully saturated rings. The third kappa shape index (κ3) is 3.09. The molecule has 0 aliphatic carbocycles. The Hall–Kier alpha value is -2.85. The van der Waals surface area contributed by atoms with E-state index >= 15 is 0 Å². The zero-order valence-corrected chi connectivity index (χ0v) is 13.7. The molecule has 7 heteroatoms. The molecular weight excluding hydrogens is 330 g/mol. The van der Waals surface area contributed by atoms with Crippen LogP contribution in [0.1, 0.15) is 16.3 Å². The summed E-state index contributed by atoms with van der Waals surface area (Å²) in [6, 6.07) is 5.44. The van der Waals surface area contributed by atoms with Gasteiger partial charge in [0.15, 0.2) is 0 Å². The highest BCUT2D eigenvalue weighted by Crippen LogP contribution is 2.29. The van der Waals surface area contributed by atoms with Crippen LogP contribution >= 0.6 is 11.3 Å². The smallest absolute Gasteiger partial charge is 0.135 e. The fraction of sp³-hybridized carbons (Fsp3) is 0.118. The Morgan fingerprint density at radius 2 is 2.17 bits per heavy atom. The van der Waals surface area contributed by atoms with Crippen LogP contribution in [0.4, 0.5) is 8.78 Å². The fourth-order valence-corrected chi connectivity index (χ4v) is 3.06. The van der Waals surface area contributed by atoms with Crippen LogP contribution in [0.2, 0.25) is 0 Å². The van der Waals surface area contributed by atoms with E-state index in [4.69, 9.17) is 0 Å². The first-order chi connectivity index (χ1) is 11.5. The Bertz CT molecular complexity index is 979. The van der Waals surface area contributed by atoms with Gasteiger partial charge in [-0.25, -0.2) is 13.8 Å². The number of aromatic nitrogens is 3. The van der Waals surface area contributed by atoms with Crippen molar-refractivity contribution < 1.29 is 8.78 Å². The Morgan fingerprint density at radius 1 is 1.38 bits per heavy atom. The Balaban J connectivity index is 1.99. The molecule has 4 nitrogen and oxygen atoms in total. The number of benzene rings is 1. The molecule has 0 amide bonds. The third-order valence-electron chi connectivity index (χ3n) is 3.41. The first kappa shape index (κ1) is 16.0. The standard InChI is InChI=1S/C17H12F2N4S/c1-10-12(8-23(2)22-10)5-11(7-20)17-21-16(9-24-17)14-4-3-13(18)6-15(14)19/h3-6,8-9H,1-2H3. The van der Waals surface area contributed by atoms with Crippen molar-refractivity contribution in [2.45, 2.75) is 6.92 Å². The highest BCUT2D eigenvalue weighted by Gasteiger charge is 2.13. The lowest BCUT2D eigenvalue weighted by Gasteiger charge is -1.99. The summed E-state index contributed by atoms with van der Waals surface area (Å²) in [5.41, 5.74) is 2.56. The van der Waals surface area contributed by atoms with Crippen LogP contribution in [0.25, 0.3) is 22.9 Å². The molecule has 0 saturated heterocycles. The Labute approximate surface area is 141 Å². The largest absolute Gasteiger partial charge is 0.275 e. The number of nitriles is 1. The number of thiazole rings is 1. The van der Waals surface area contributed by atoms with E-state index in [9.17, 15) is 14.0 Å². The fourth-order valence-electron chi connectivity index (χ4n) is 2.28. The molecule has 1 aromatic carbocycles. The van der Waals surface area contributed by atoms with E-state index in [-0.39, 0.29) is 5.56 Å². The zero-order chi connectivity index (χ0) is 17.3. The highest BCUT2D eigenvalue weighted by molar-refractivity contribution is 7.11. The molecular formula is C17H12F2N4S. The second kappa shape index (κ2) is 6.34. The van der Waals surface area contributed by atoms with Gasteiger partial charge in [-0.3, -0.25) is 4.68 Å². The SMILES string of the molecule is Cc1nn(C)cc1C=C(C#N)c1nc(-c2ccc(F)cc2F)cs1. The Kier molecular flexibility index (Phi) is 4.23. The van der Waals surface area contributed by atoms with Crippen LogP contribution in [-0.2, 0) is 7.05 Å². The molecule has 0 saturated carbocycles. The number of hydrogen-bond acceptors (Lipinski definition) is 4. The summed E-state index contributed by atoms with van der Waals surface area (Å²) in [5, 5.41) is 15.7. The number of hydrogen-bond donors (Lipinski definition) is 0. The van der Waals surface area contributed by atoms with Gasteiger partial charge >= 0.3 is 0 Å². The molecule has 120 valence electrons. The van der Waals surface area contributed by atoms with E-state index in [1.807, 2.05) is 6.92 Å². The van der Waals surface area contributed by atoms with Gasteiger partial charge in [-0.2, -0.15) is 10.4 Å². The number of allylic oxidation sites excluding steroid dienone is 1. The average molecular weight is 342 g/mol. The zero-order valence-electron chi connectivity index (χ0n) is 12.9. The van der Waals surface area contributed by atoms with Crippen molar-refractivity contribution in [2.24, 2.45) is 7.05 Å². The normalized spacial score (nSPS) is 11.5. The van der Waals surface area contributed by atoms with Crippen molar-refractivity contribution in [1.29, 1.82) is 5.26 Å². The maximum Gasteiger partial charge on any atom is 0.135 e. The van der Waals surface area contributed by atoms with Crippen LogP contribution in [0.5, 0.6) is 0 Å². The van der Waals surface area contributed by atoms with Crippen molar-refractivity contribution in [1.82, 2.24) is 14.8 Å². The monoisotopic (exact) mass is 342 g/mol. The van der Waals surface area contributed by atoms with Crippen molar-refractivity contribution in [2.75, 3.05) is 0 Å². The summed E-state index contributed by atoms with van der Waals surface area (Å²) < 4.78 is 28.5. The molecule has 3 aromatic rings. The molecule has 0 spiro atoms. The summed E-state index contributed by atoms with van der Waals surface area (Å²) in [6.45, 7) is 1.85. The van der Waals surface area contributed by atoms with E-state index in [1.54, 1.807) is 29.4 Å². The van der Waals surface area contributed by atoms with E-state index in [0.29, 0.717) is 16.3 Å². The van der Waals surface area contributed by atoms with E-state index in [1.165, 1.54) is 23.5 Å². The molecule has 24 heavy (non-hydrogen) atoms. The van der Waals surface area contributed by atoms with Crippen molar-refractivity contribution >= 4 is 23.0 Å². The highest BCUT2D eigenvalue weighted by atomic mass is 32.1. The summed E-state index contributed by atoms with van der Waals surface area (Å²) in [5.74, 6) is -1.33. The van der Waals surface area contributed by atoms with E-state index in [2.05, 4.69) is 16.2 Å². The van der Waals surface area contributed by atoms with E-state index in [0.717, 1.165) is 17.3 Å². The Morgan fingerprint density at radius 3 is 2.79 bits per heavy atom. The van der Waals surface area contributed by atoms with Crippen LogP contribution in [0.15, 0.2) is 29.8 Å². The molecule has 0 radical (unpaired) electrons. The molecule has 0 aliphatic rings. The number of halogens is 2. The maximum absolute atomic E-state index is 13.9. The van der Waals surface area contributed by atoms with Gasteiger partial charge in [0.2, 0.25) is 0 Å². The average Bonchev–Trinajstić information content (AvgIpc) is 3.11. The lowest BCUT2D eigenvalue weighted by molar-refractivity contribution is 0.585. The molecule has 0 aliphatic heterocycles. The topological polar surface area (TPSA) is 54.5 Å². The van der Waals surface area contributed by atoms with Gasteiger partial charge in [0.1, 0.15) is 22.7 Å². The van der Waals surface area contributed by atoms with Crippen molar-refractivity contribution in [3.63, 3.8) is 0 Å². The minimum Gasteiger partial charge on any atom is -0.275 e. The third-order valence-corrected chi connectivity index (χ3v) is 4.29. The molecule has 0 unspecified atom stereocenters. The summed E-state index contributed by atoms with van der Waals surface area (Å²) in [6.07, 6.45) is 3.51. The second-order valence-electron chi connectivity index (χ2n) is 5.18. The lowest BCUT2D eigenvalue weighted by atomic mass is 10.1. The first-order valence-corrected chi connectivity index (χ1v) is 7.89. The summed E-state index contributed by atoms with van der Waals surface area (Å²) in [4.78, 5) is 4.31.